The van der Waals surface area contributed by atoms with Crippen molar-refractivity contribution in [3.05, 3.63) is 58.8 Å². The number of nitrogens with zero attached hydrogens (tertiary/aromatic N) is 2. The molecular formula is C24H22ClN3O5. The van der Waals surface area contributed by atoms with E-state index >= 15 is 0 Å². The van der Waals surface area contributed by atoms with Crippen molar-refractivity contribution in [2.45, 2.75) is 18.9 Å². The normalized spacial score (nSPS) is 17.7. The van der Waals surface area contributed by atoms with Gasteiger partial charge in [-0.25, -0.2) is 0 Å². The second kappa shape index (κ2) is 8.46. The highest BCUT2D eigenvalue weighted by Crippen LogP contribution is 2.42. The van der Waals surface area contributed by atoms with Crippen LogP contribution < -0.4 is 15.0 Å². The topological polar surface area (TPSA) is 108 Å². The molecule has 0 radical (unpaired) electrons. The van der Waals surface area contributed by atoms with Gasteiger partial charge in [0.25, 0.3) is 11.8 Å². The van der Waals surface area contributed by atoms with E-state index in [9.17, 15) is 15.0 Å². The summed E-state index contributed by atoms with van der Waals surface area (Å²) in [5.41, 5.74) is 3.78. The van der Waals surface area contributed by atoms with Crippen molar-refractivity contribution in [3.63, 3.8) is 0 Å². The summed E-state index contributed by atoms with van der Waals surface area (Å²) in [5, 5.41) is 27.4. The molecule has 9 heteroatoms. The van der Waals surface area contributed by atoms with Crippen LogP contribution in [0, 0.1) is 0 Å². The number of anilines is 2. The second-order valence-electron chi connectivity index (χ2n) is 8.05. The monoisotopic (exact) mass is 467 g/mol. The van der Waals surface area contributed by atoms with Crippen LogP contribution in [0.1, 0.15) is 24.2 Å². The van der Waals surface area contributed by atoms with Crippen molar-refractivity contribution in [3.8, 4) is 17.0 Å². The first-order chi connectivity index (χ1) is 15.9. The quantitative estimate of drug-likeness (QED) is 0.387. The molecule has 33 heavy (non-hydrogen) atoms. The zero-order valence-corrected chi connectivity index (χ0v) is 18.6. The minimum atomic E-state index is -0.464. The molecular weight excluding hydrogens is 446 g/mol. The molecule has 0 aliphatic carbocycles. The SMILES string of the molecule is COc1cc(C(O)=C2C(=O)Nc3cc(Cl)c(-c4ccc(N5CCC(O)CC5)cc4)cc32)on1. The van der Waals surface area contributed by atoms with Crippen LogP contribution in [0.2, 0.25) is 5.02 Å². The maximum atomic E-state index is 12.6. The Hall–Kier alpha value is -3.49. The lowest BCUT2D eigenvalue weighted by Gasteiger charge is -2.31. The molecule has 1 aromatic heterocycles. The van der Waals surface area contributed by atoms with Crippen LogP contribution in [0.3, 0.4) is 0 Å². The number of halogens is 1. The van der Waals surface area contributed by atoms with Gasteiger partial charge in [0.15, 0.2) is 5.76 Å². The van der Waals surface area contributed by atoms with E-state index in [0.29, 0.717) is 16.3 Å². The van der Waals surface area contributed by atoms with E-state index in [1.807, 2.05) is 24.3 Å². The van der Waals surface area contributed by atoms with Crippen molar-refractivity contribution in [2.24, 2.45) is 0 Å². The fourth-order valence-corrected chi connectivity index (χ4v) is 4.49. The van der Waals surface area contributed by atoms with Crippen molar-refractivity contribution in [2.75, 3.05) is 30.4 Å². The number of hydrogen-bond acceptors (Lipinski definition) is 7. The van der Waals surface area contributed by atoms with Gasteiger partial charge in [0.1, 0.15) is 0 Å². The van der Waals surface area contributed by atoms with Gasteiger partial charge in [0.05, 0.1) is 35.6 Å². The predicted octanol–water partition coefficient (Wildman–Crippen LogP) is 4.34. The number of rotatable bonds is 4. The molecule has 170 valence electrons. The van der Waals surface area contributed by atoms with Crippen LogP contribution in [-0.2, 0) is 4.79 Å². The maximum absolute atomic E-state index is 12.6. The Morgan fingerprint density at radius 3 is 2.58 bits per heavy atom. The highest BCUT2D eigenvalue weighted by atomic mass is 35.5. The molecule has 0 bridgehead atoms. The summed E-state index contributed by atoms with van der Waals surface area (Å²) in [6.45, 7) is 1.63. The standard InChI is InChI=1S/C24H22ClN3O5/c1-32-21-12-20(33-27-21)23(30)22-17-10-16(18(25)11-19(17)26-24(22)31)13-2-4-14(5-3-13)28-8-6-15(29)7-9-28/h2-5,10-12,15,29-30H,6-9H2,1H3,(H,26,31). The highest BCUT2D eigenvalue weighted by Gasteiger charge is 2.31. The number of nitrogens with one attached hydrogen (secondary N) is 1. The Morgan fingerprint density at radius 1 is 1.18 bits per heavy atom. The van der Waals surface area contributed by atoms with Gasteiger partial charge >= 0.3 is 0 Å². The number of amides is 1. The summed E-state index contributed by atoms with van der Waals surface area (Å²) in [6, 6.07) is 12.9. The molecule has 0 saturated carbocycles. The molecule has 0 atom stereocenters. The minimum absolute atomic E-state index is 0.0253. The first-order valence-electron chi connectivity index (χ1n) is 10.6. The average Bonchev–Trinajstić information content (AvgIpc) is 3.42. The Morgan fingerprint density at radius 2 is 1.91 bits per heavy atom. The zero-order chi connectivity index (χ0) is 23.1. The summed E-state index contributed by atoms with van der Waals surface area (Å²) in [6.07, 6.45) is 1.29. The van der Waals surface area contributed by atoms with Gasteiger partial charge in [0, 0.05) is 29.9 Å². The molecule has 8 nitrogen and oxygen atoms in total. The van der Waals surface area contributed by atoms with Crippen molar-refractivity contribution >= 4 is 40.2 Å². The third-order valence-corrected chi connectivity index (χ3v) is 6.34. The molecule has 0 spiro atoms. The van der Waals surface area contributed by atoms with Crippen LogP contribution >= 0.6 is 11.6 Å². The molecule has 3 aromatic rings. The lowest BCUT2D eigenvalue weighted by Crippen LogP contribution is -2.35. The largest absolute Gasteiger partial charge is 0.504 e. The Balaban J connectivity index is 1.50. The summed E-state index contributed by atoms with van der Waals surface area (Å²) in [4.78, 5) is 14.9. The number of ether oxygens (including phenoxy) is 1. The van der Waals surface area contributed by atoms with E-state index in [1.54, 1.807) is 12.1 Å². The molecule has 1 saturated heterocycles. The lowest BCUT2D eigenvalue weighted by molar-refractivity contribution is -0.110. The van der Waals surface area contributed by atoms with E-state index in [1.165, 1.54) is 13.2 Å². The number of benzene rings is 2. The van der Waals surface area contributed by atoms with Crippen LogP contribution in [0.5, 0.6) is 5.88 Å². The Kier molecular flexibility index (Phi) is 5.47. The third kappa shape index (κ3) is 3.92. The first kappa shape index (κ1) is 21.4. The molecule has 1 fully saturated rings. The molecule has 5 rings (SSSR count). The number of aromatic nitrogens is 1. The average molecular weight is 468 g/mol. The number of carbonyl (C=O) groups is 1. The van der Waals surface area contributed by atoms with Gasteiger partial charge < -0.3 is 29.7 Å². The van der Waals surface area contributed by atoms with Crippen LogP contribution in [0.4, 0.5) is 11.4 Å². The van der Waals surface area contributed by atoms with Crippen molar-refractivity contribution in [1.29, 1.82) is 0 Å². The number of aliphatic hydroxyl groups is 2. The summed E-state index contributed by atoms with van der Waals surface area (Å²) in [7, 11) is 1.43. The summed E-state index contributed by atoms with van der Waals surface area (Å²) < 4.78 is 10.1. The predicted molar refractivity (Wildman–Crippen MR) is 125 cm³/mol. The van der Waals surface area contributed by atoms with Crippen molar-refractivity contribution < 1.29 is 24.3 Å². The third-order valence-electron chi connectivity index (χ3n) is 6.03. The number of fused-ring (bicyclic) bond motifs is 1. The van der Waals surface area contributed by atoms with E-state index in [-0.39, 0.29) is 29.1 Å². The molecule has 3 heterocycles. The number of carbonyl (C=O) groups excluding carboxylic acids is 1. The van der Waals surface area contributed by atoms with E-state index in [4.69, 9.17) is 20.9 Å². The smallest absolute Gasteiger partial charge is 0.260 e. The number of piperidine rings is 1. The highest BCUT2D eigenvalue weighted by molar-refractivity contribution is 6.38. The fourth-order valence-electron chi connectivity index (χ4n) is 4.21. The van der Waals surface area contributed by atoms with Gasteiger partial charge in [0.2, 0.25) is 5.76 Å². The summed E-state index contributed by atoms with van der Waals surface area (Å²) in [5.74, 6) is -0.583. The molecule has 2 aromatic carbocycles. The van der Waals surface area contributed by atoms with E-state index in [0.717, 1.165) is 42.7 Å². The summed E-state index contributed by atoms with van der Waals surface area (Å²) >= 11 is 6.55. The van der Waals surface area contributed by atoms with Crippen LogP contribution in [-0.4, -0.2) is 47.6 Å². The Labute approximate surface area is 195 Å². The van der Waals surface area contributed by atoms with Gasteiger partial charge in [-0.2, -0.15) is 0 Å². The van der Waals surface area contributed by atoms with Crippen molar-refractivity contribution in [1.82, 2.24) is 5.16 Å². The zero-order valence-electron chi connectivity index (χ0n) is 17.8. The van der Waals surface area contributed by atoms with Gasteiger partial charge in [-0.1, -0.05) is 23.7 Å². The Bertz CT molecular complexity index is 1240. The number of hydrogen-bond donors (Lipinski definition) is 3. The fraction of sp³-hybridized carbons (Fsp3) is 0.250. The van der Waals surface area contributed by atoms with Crippen LogP contribution in [0.15, 0.2) is 47.0 Å². The first-order valence-corrected chi connectivity index (χ1v) is 11.0. The van der Waals surface area contributed by atoms with E-state index in [2.05, 4.69) is 15.4 Å². The molecule has 2 aliphatic heterocycles. The molecule has 3 N–H and O–H groups in total. The van der Waals surface area contributed by atoms with Gasteiger partial charge in [-0.3, -0.25) is 4.79 Å². The molecule has 2 aliphatic rings. The van der Waals surface area contributed by atoms with E-state index < -0.39 is 5.91 Å². The second-order valence-corrected chi connectivity index (χ2v) is 8.46. The number of methoxy groups -OCH3 is 1. The maximum Gasteiger partial charge on any atom is 0.260 e. The lowest BCUT2D eigenvalue weighted by atomic mass is 9.97. The number of aliphatic hydroxyl groups excluding tert-OH is 2. The molecule has 1 amide bonds. The minimum Gasteiger partial charge on any atom is -0.504 e. The molecule has 0 unspecified atom stereocenters. The van der Waals surface area contributed by atoms with Crippen LogP contribution in [0.25, 0.3) is 22.5 Å². The van der Waals surface area contributed by atoms with Gasteiger partial charge in [-0.05, 0) is 47.8 Å². The van der Waals surface area contributed by atoms with Gasteiger partial charge in [-0.15, -0.1) is 0 Å².